The van der Waals surface area contributed by atoms with Crippen LogP contribution in [0.4, 0.5) is 5.82 Å². The third-order valence-electron chi connectivity index (χ3n) is 5.30. The van der Waals surface area contributed by atoms with Crippen LogP contribution in [0.15, 0.2) is 47.1 Å². The smallest absolute Gasteiger partial charge is 0.226 e. The molecule has 0 spiro atoms. The van der Waals surface area contributed by atoms with Crippen LogP contribution in [-0.4, -0.2) is 34.1 Å². The van der Waals surface area contributed by atoms with Gasteiger partial charge in [-0.15, -0.1) is 0 Å². The number of piperidine rings is 1. The van der Waals surface area contributed by atoms with Gasteiger partial charge in [-0.2, -0.15) is 4.98 Å². The standard InChI is InChI=1S/C22H24ClN5O2/c1-2-19-26-20(27-30-19)17-9-5-11-24-21(17)28-12-6-8-16(14-28)22(29)25-13-15-7-3-4-10-18(15)23/h3-5,7,9-11,16H,2,6,8,12-14H2,1H3,(H,25,29)/t16-/m1/s1. The first-order valence-electron chi connectivity index (χ1n) is 10.2. The molecule has 30 heavy (non-hydrogen) atoms. The lowest BCUT2D eigenvalue weighted by atomic mass is 9.96. The zero-order chi connectivity index (χ0) is 20.9. The monoisotopic (exact) mass is 425 g/mol. The lowest BCUT2D eigenvalue weighted by Gasteiger charge is -2.33. The number of rotatable bonds is 6. The van der Waals surface area contributed by atoms with Crippen molar-refractivity contribution in [3.8, 4) is 11.4 Å². The van der Waals surface area contributed by atoms with Gasteiger partial charge in [0.25, 0.3) is 0 Å². The van der Waals surface area contributed by atoms with E-state index in [0.717, 1.165) is 36.3 Å². The van der Waals surface area contributed by atoms with Crippen LogP contribution in [0.5, 0.6) is 0 Å². The van der Waals surface area contributed by atoms with E-state index in [1.54, 1.807) is 6.20 Å². The van der Waals surface area contributed by atoms with Crippen molar-refractivity contribution in [1.82, 2.24) is 20.4 Å². The minimum absolute atomic E-state index is 0.0323. The number of hydrogen-bond donors (Lipinski definition) is 1. The zero-order valence-corrected chi connectivity index (χ0v) is 17.6. The van der Waals surface area contributed by atoms with Crippen LogP contribution in [0.1, 0.15) is 31.2 Å². The Labute approximate surface area is 180 Å². The summed E-state index contributed by atoms with van der Waals surface area (Å²) in [5.41, 5.74) is 1.73. The molecule has 1 aliphatic heterocycles. The van der Waals surface area contributed by atoms with Gasteiger partial charge in [0, 0.05) is 37.3 Å². The third-order valence-corrected chi connectivity index (χ3v) is 5.67. The summed E-state index contributed by atoms with van der Waals surface area (Å²) in [7, 11) is 0. The Kier molecular flexibility index (Phi) is 6.28. The minimum atomic E-state index is -0.118. The Morgan fingerprint density at radius 3 is 2.97 bits per heavy atom. The van der Waals surface area contributed by atoms with Crippen molar-refractivity contribution >= 4 is 23.3 Å². The zero-order valence-electron chi connectivity index (χ0n) is 16.8. The molecule has 1 amide bonds. The number of carbonyl (C=O) groups is 1. The molecule has 4 rings (SSSR count). The predicted octanol–water partition coefficient (Wildman–Crippen LogP) is 3.88. The first-order chi connectivity index (χ1) is 14.7. The van der Waals surface area contributed by atoms with Crippen molar-refractivity contribution in [3.63, 3.8) is 0 Å². The second-order valence-corrected chi connectivity index (χ2v) is 7.74. The number of nitrogens with zero attached hydrogens (tertiary/aromatic N) is 4. The number of nitrogens with one attached hydrogen (secondary N) is 1. The molecule has 1 fully saturated rings. The van der Waals surface area contributed by atoms with Crippen LogP contribution in [0.25, 0.3) is 11.4 Å². The first kappa shape index (κ1) is 20.3. The maximum absolute atomic E-state index is 12.8. The number of aryl methyl sites for hydroxylation is 1. The van der Waals surface area contributed by atoms with Crippen molar-refractivity contribution < 1.29 is 9.32 Å². The molecule has 1 N–H and O–H groups in total. The van der Waals surface area contributed by atoms with Gasteiger partial charge in [0.15, 0.2) is 0 Å². The number of benzene rings is 1. The highest BCUT2D eigenvalue weighted by atomic mass is 35.5. The molecular weight excluding hydrogens is 402 g/mol. The van der Waals surface area contributed by atoms with Crippen LogP contribution in [0.2, 0.25) is 5.02 Å². The molecule has 0 unspecified atom stereocenters. The quantitative estimate of drug-likeness (QED) is 0.645. The fourth-order valence-electron chi connectivity index (χ4n) is 3.68. The summed E-state index contributed by atoms with van der Waals surface area (Å²) in [5.74, 6) is 1.82. The van der Waals surface area contributed by atoms with E-state index in [2.05, 4.69) is 25.3 Å². The maximum Gasteiger partial charge on any atom is 0.226 e. The van der Waals surface area contributed by atoms with E-state index in [9.17, 15) is 4.79 Å². The largest absolute Gasteiger partial charge is 0.355 e. The van der Waals surface area contributed by atoms with Crippen LogP contribution in [-0.2, 0) is 17.8 Å². The fraction of sp³-hybridized carbons (Fsp3) is 0.364. The second kappa shape index (κ2) is 9.26. The number of hydrogen-bond acceptors (Lipinski definition) is 6. The van der Waals surface area contributed by atoms with Gasteiger partial charge in [0.2, 0.25) is 17.6 Å². The lowest BCUT2D eigenvalue weighted by Crippen LogP contribution is -2.43. The van der Waals surface area contributed by atoms with Gasteiger partial charge in [-0.1, -0.05) is 41.9 Å². The molecule has 0 bridgehead atoms. The maximum atomic E-state index is 12.8. The van der Waals surface area contributed by atoms with Crippen LogP contribution >= 0.6 is 11.6 Å². The molecule has 0 aliphatic carbocycles. The molecule has 1 aromatic carbocycles. The van der Waals surface area contributed by atoms with Crippen LogP contribution in [0.3, 0.4) is 0 Å². The van der Waals surface area contributed by atoms with E-state index in [0.29, 0.717) is 36.2 Å². The molecule has 0 radical (unpaired) electrons. The third kappa shape index (κ3) is 4.46. The Balaban J connectivity index is 1.46. The van der Waals surface area contributed by atoms with Gasteiger partial charge in [0.05, 0.1) is 11.5 Å². The second-order valence-electron chi connectivity index (χ2n) is 7.33. The van der Waals surface area contributed by atoms with E-state index < -0.39 is 0 Å². The summed E-state index contributed by atoms with van der Waals surface area (Å²) in [5, 5.41) is 7.78. The lowest BCUT2D eigenvalue weighted by molar-refractivity contribution is -0.125. The molecule has 3 heterocycles. The highest BCUT2D eigenvalue weighted by Gasteiger charge is 2.28. The molecule has 0 saturated carbocycles. The van der Waals surface area contributed by atoms with Gasteiger partial charge < -0.3 is 14.7 Å². The van der Waals surface area contributed by atoms with Gasteiger partial charge in [-0.05, 0) is 36.6 Å². The van der Waals surface area contributed by atoms with Gasteiger partial charge in [-0.3, -0.25) is 4.79 Å². The number of pyridine rings is 1. The van der Waals surface area contributed by atoms with E-state index in [1.807, 2.05) is 43.3 Å². The summed E-state index contributed by atoms with van der Waals surface area (Å²) >= 11 is 6.20. The SMILES string of the molecule is CCc1nc(-c2cccnc2N2CCC[C@@H](C(=O)NCc3ccccc3Cl)C2)no1. The number of halogens is 1. The first-order valence-corrected chi connectivity index (χ1v) is 10.6. The van der Waals surface area contributed by atoms with Crippen LogP contribution in [0, 0.1) is 5.92 Å². The number of anilines is 1. The van der Waals surface area contributed by atoms with Crippen molar-refractivity contribution in [2.45, 2.75) is 32.7 Å². The highest BCUT2D eigenvalue weighted by Crippen LogP contribution is 2.30. The number of aromatic nitrogens is 3. The fourth-order valence-corrected chi connectivity index (χ4v) is 3.89. The molecule has 7 nitrogen and oxygen atoms in total. The van der Waals surface area contributed by atoms with Gasteiger partial charge >= 0.3 is 0 Å². The van der Waals surface area contributed by atoms with Crippen molar-refractivity contribution in [1.29, 1.82) is 0 Å². The summed E-state index contributed by atoms with van der Waals surface area (Å²) in [4.78, 5) is 24.0. The number of amides is 1. The topological polar surface area (TPSA) is 84.2 Å². The summed E-state index contributed by atoms with van der Waals surface area (Å²) in [6.45, 7) is 3.82. The van der Waals surface area contributed by atoms with Crippen LogP contribution < -0.4 is 10.2 Å². The number of carbonyl (C=O) groups excluding carboxylic acids is 1. The molecule has 1 aliphatic rings. The van der Waals surface area contributed by atoms with E-state index >= 15 is 0 Å². The molecule has 1 atom stereocenters. The summed E-state index contributed by atoms with van der Waals surface area (Å²) < 4.78 is 5.27. The van der Waals surface area contributed by atoms with Crippen molar-refractivity contribution in [3.05, 3.63) is 59.1 Å². The average Bonchev–Trinajstić information content (AvgIpc) is 3.28. The molecular formula is C22H24ClN5O2. The summed E-state index contributed by atoms with van der Waals surface area (Å²) in [6.07, 6.45) is 4.18. The highest BCUT2D eigenvalue weighted by molar-refractivity contribution is 6.31. The molecule has 156 valence electrons. The minimum Gasteiger partial charge on any atom is -0.355 e. The average molecular weight is 426 g/mol. The van der Waals surface area contributed by atoms with E-state index in [-0.39, 0.29) is 11.8 Å². The normalized spacial score (nSPS) is 16.5. The Morgan fingerprint density at radius 1 is 1.30 bits per heavy atom. The van der Waals surface area contributed by atoms with Crippen molar-refractivity contribution in [2.75, 3.05) is 18.0 Å². The van der Waals surface area contributed by atoms with Gasteiger partial charge in [0.1, 0.15) is 5.82 Å². The van der Waals surface area contributed by atoms with Gasteiger partial charge in [-0.25, -0.2) is 4.98 Å². The van der Waals surface area contributed by atoms with E-state index in [4.69, 9.17) is 16.1 Å². The Bertz CT molecular complexity index is 1020. The van der Waals surface area contributed by atoms with Crippen molar-refractivity contribution in [2.24, 2.45) is 5.92 Å². The summed E-state index contributed by atoms with van der Waals surface area (Å²) in [6, 6.07) is 11.3. The molecule has 3 aromatic rings. The molecule has 8 heteroatoms. The Morgan fingerprint density at radius 2 is 2.17 bits per heavy atom. The predicted molar refractivity (Wildman–Crippen MR) is 115 cm³/mol. The Hall–Kier alpha value is -2.93. The van der Waals surface area contributed by atoms with E-state index in [1.165, 1.54) is 0 Å². The molecule has 1 saturated heterocycles. The molecule has 2 aromatic heterocycles.